The second-order valence-electron chi connectivity index (χ2n) is 3.92. The summed E-state index contributed by atoms with van der Waals surface area (Å²) in [6, 6.07) is 9.74. The Morgan fingerprint density at radius 3 is 2.61 bits per heavy atom. The number of aryl methyl sites for hydroxylation is 1. The van der Waals surface area contributed by atoms with Gasteiger partial charge in [0.05, 0.1) is 0 Å². The number of hydrogen-bond donors (Lipinski definition) is 2. The molecule has 0 aliphatic rings. The van der Waals surface area contributed by atoms with Crippen molar-refractivity contribution in [3.8, 4) is 0 Å². The maximum Gasteiger partial charge on any atom is 0.256 e. The molecule has 0 saturated carbocycles. The highest BCUT2D eigenvalue weighted by Gasteiger charge is 2.09. The summed E-state index contributed by atoms with van der Waals surface area (Å²) >= 11 is 0. The molecule has 5 heteroatoms. The fourth-order valence-corrected chi connectivity index (χ4v) is 1.79. The van der Waals surface area contributed by atoms with Crippen molar-refractivity contribution in [1.82, 2.24) is 9.97 Å². The number of anilines is 1. The molecule has 5 nitrogen and oxygen atoms in total. The Bertz CT molecular complexity index is 605. The molecule has 0 bridgehead atoms. The number of carbonyl (C=O) groups excluding carboxylic acids is 1. The molecule has 2 rings (SSSR count). The molecule has 0 atom stereocenters. The summed E-state index contributed by atoms with van der Waals surface area (Å²) in [7, 11) is 0. The highest BCUT2D eigenvalue weighted by atomic mass is 16.1. The SMILES string of the molecule is Nc1nc(C=O)c(CCc2ccccc2)c(=O)[nH]1. The van der Waals surface area contributed by atoms with Crippen LogP contribution in [0.3, 0.4) is 0 Å². The van der Waals surface area contributed by atoms with Crippen molar-refractivity contribution in [2.45, 2.75) is 12.8 Å². The molecule has 3 N–H and O–H groups in total. The van der Waals surface area contributed by atoms with Crippen LogP contribution in [0.5, 0.6) is 0 Å². The largest absolute Gasteiger partial charge is 0.369 e. The zero-order chi connectivity index (χ0) is 13.0. The summed E-state index contributed by atoms with van der Waals surface area (Å²) in [6.45, 7) is 0. The van der Waals surface area contributed by atoms with Crippen molar-refractivity contribution in [3.63, 3.8) is 0 Å². The molecule has 92 valence electrons. The van der Waals surface area contributed by atoms with E-state index in [1.807, 2.05) is 30.3 Å². The highest BCUT2D eigenvalue weighted by Crippen LogP contribution is 2.06. The number of H-pyrrole nitrogens is 1. The van der Waals surface area contributed by atoms with Gasteiger partial charge in [-0.25, -0.2) is 4.98 Å². The molecule has 0 fully saturated rings. The Labute approximate surface area is 104 Å². The lowest BCUT2D eigenvalue weighted by Gasteiger charge is -2.04. The quantitative estimate of drug-likeness (QED) is 0.782. The first kappa shape index (κ1) is 12.0. The minimum absolute atomic E-state index is 0.0365. The van der Waals surface area contributed by atoms with Crippen LogP contribution in [0.15, 0.2) is 35.1 Å². The van der Waals surface area contributed by atoms with E-state index < -0.39 is 0 Å². The number of nitrogen functional groups attached to an aromatic ring is 1. The minimum atomic E-state index is -0.347. The third kappa shape index (κ3) is 2.63. The number of benzene rings is 1. The smallest absolute Gasteiger partial charge is 0.256 e. The molecule has 1 aromatic carbocycles. The maximum atomic E-state index is 11.7. The standard InChI is InChI=1S/C13H13N3O2/c14-13-15-11(8-17)10(12(18)16-13)7-6-9-4-2-1-3-5-9/h1-5,8H,6-7H2,(H3,14,15,16,18). The first-order valence-electron chi connectivity index (χ1n) is 5.58. The molecule has 0 spiro atoms. The van der Waals surface area contributed by atoms with Gasteiger partial charge in [0.1, 0.15) is 5.69 Å². The van der Waals surface area contributed by atoms with Crippen LogP contribution in [-0.2, 0) is 12.8 Å². The van der Waals surface area contributed by atoms with Crippen LogP contribution in [0.2, 0.25) is 0 Å². The number of rotatable bonds is 4. The van der Waals surface area contributed by atoms with E-state index in [9.17, 15) is 9.59 Å². The van der Waals surface area contributed by atoms with Crippen molar-refractivity contribution in [2.24, 2.45) is 0 Å². The second-order valence-corrected chi connectivity index (χ2v) is 3.92. The van der Waals surface area contributed by atoms with E-state index in [1.54, 1.807) is 0 Å². The molecule has 18 heavy (non-hydrogen) atoms. The van der Waals surface area contributed by atoms with E-state index >= 15 is 0 Å². The van der Waals surface area contributed by atoms with Crippen LogP contribution >= 0.6 is 0 Å². The molecule has 0 radical (unpaired) electrons. The number of aromatic amines is 1. The number of aldehydes is 1. The number of nitrogens with zero attached hydrogens (tertiary/aromatic N) is 1. The van der Waals surface area contributed by atoms with Gasteiger partial charge >= 0.3 is 0 Å². The van der Waals surface area contributed by atoms with Crippen molar-refractivity contribution in [1.29, 1.82) is 0 Å². The zero-order valence-electron chi connectivity index (χ0n) is 9.72. The van der Waals surface area contributed by atoms with Crippen LogP contribution in [0.25, 0.3) is 0 Å². The normalized spacial score (nSPS) is 10.2. The third-order valence-corrected chi connectivity index (χ3v) is 2.68. The summed E-state index contributed by atoms with van der Waals surface area (Å²) in [5, 5.41) is 0. The molecule has 0 aliphatic carbocycles. The van der Waals surface area contributed by atoms with Gasteiger partial charge in [0.25, 0.3) is 5.56 Å². The Kier molecular flexibility index (Phi) is 3.52. The van der Waals surface area contributed by atoms with Crippen LogP contribution in [0, 0.1) is 0 Å². The molecule has 0 saturated heterocycles. The summed E-state index contributed by atoms with van der Waals surface area (Å²) in [6.07, 6.45) is 1.70. The van der Waals surface area contributed by atoms with E-state index in [0.29, 0.717) is 24.7 Å². The van der Waals surface area contributed by atoms with Crippen LogP contribution in [0.4, 0.5) is 5.95 Å². The Hall–Kier alpha value is -2.43. The van der Waals surface area contributed by atoms with Crippen molar-refractivity contribution < 1.29 is 4.79 Å². The van der Waals surface area contributed by atoms with Crippen LogP contribution < -0.4 is 11.3 Å². The zero-order valence-corrected chi connectivity index (χ0v) is 9.72. The lowest BCUT2D eigenvalue weighted by Crippen LogP contribution is -2.20. The first-order chi connectivity index (χ1) is 8.70. The number of hydrogen-bond acceptors (Lipinski definition) is 4. The van der Waals surface area contributed by atoms with Gasteiger partial charge in [-0.15, -0.1) is 0 Å². The van der Waals surface area contributed by atoms with E-state index in [1.165, 1.54) is 0 Å². The van der Waals surface area contributed by atoms with Crippen molar-refractivity contribution >= 4 is 12.2 Å². The second kappa shape index (κ2) is 5.27. The highest BCUT2D eigenvalue weighted by molar-refractivity contribution is 5.74. The average molecular weight is 243 g/mol. The van der Waals surface area contributed by atoms with Crippen molar-refractivity contribution in [3.05, 3.63) is 57.5 Å². The van der Waals surface area contributed by atoms with Crippen LogP contribution in [0.1, 0.15) is 21.6 Å². The lowest BCUT2D eigenvalue weighted by molar-refractivity contribution is 0.111. The Morgan fingerprint density at radius 1 is 1.22 bits per heavy atom. The fraction of sp³-hybridized carbons (Fsp3) is 0.154. The summed E-state index contributed by atoms with van der Waals surface area (Å²) in [4.78, 5) is 28.8. The van der Waals surface area contributed by atoms with Gasteiger partial charge < -0.3 is 5.73 Å². The summed E-state index contributed by atoms with van der Waals surface area (Å²) in [5.74, 6) is -0.0365. The monoisotopic (exact) mass is 243 g/mol. The molecule has 0 amide bonds. The van der Waals surface area contributed by atoms with Gasteiger partial charge in [0.2, 0.25) is 5.95 Å². The molecule has 1 heterocycles. The lowest BCUT2D eigenvalue weighted by atomic mass is 10.0. The molecule has 0 aliphatic heterocycles. The third-order valence-electron chi connectivity index (χ3n) is 2.68. The summed E-state index contributed by atoms with van der Waals surface area (Å²) in [5.41, 5.74) is 6.64. The van der Waals surface area contributed by atoms with E-state index in [4.69, 9.17) is 5.73 Å². The van der Waals surface area contributed by atoms with Crippen LogP contribution in [-0.4, -0.2) is 16.3 Å². The fourth-order valence-electron chi connectivity index (χ4n) is 1.79. The van der Waals surface area contributed by atoms with Gasteiger partial charge in [0.15, 0.2) is 6.29 Å². The predicted molar refractivity (Wildman–Crippen MR) is 68.5 cm³/mol. The minimum Gasteiger partial charge on any atom is -0.369 e. The van der Waals surface area contributed by atoms with E-state index in [2.05, 4.69) is 9.97 Å². The van der Waals surface area contributed by atoms with Gasteiger partial charge in [-0.05, 0) is 18.4 Å². The molecular weight excluding hydrogens is 230 g/mol. The van der Waals surface area contributed by atoms with Gasteiger partial charge in [-0.3, -0.25) is 14.6 Å². The summed E-state index contributed by atoms with van der Waals surface area (Å²) < 4.78 is 0. The van der Waals surface area contributed by atoms with Gasteiger partial charge in [0, 0.05) is 5.56 Å². The van der Waals surface area contributed by atoms with Gasteiger partial charge in [-0.2, -0.15) is 0 Å². The maximum absolute atomic E-state index is 11.7. The molecule has 1 aromatic heterocycles. The average Bonchev–Trinajstić information content (AvgIpc) is 2.38. The van der Waals surface area contributed by atoms with Crippen molar-refractivity contribution in [2.75, 3.05) is 5.73 Å². The van der Waals surface area contributed by atoms with E-state index in [0.717, 1.165) is 5.56 Å². The molecule has 2 aromatic rings. The first-order valence-corrected chi connectivity index (χ1v) is 5.58. The number of nitrogens with one attached hydrogen (secondary N) is 1. The molecular formula is C13H13N3O2. The number of nitrogens with two attached hydrogens (primary N) is 1. The Morgan fingerprint density at radius 2 is 1.94 bits per heavy atom. The number of carbonyl (C=O) groups is 1. The van der Waals surface area contributed by atoms with E-state index in [-0.39, 0.29) is 17.2 Å². The Balaban J connectivity index is 2.24. The predicted octanol–water partition coefficient (Wildman–Crippen LogP) is 0.950. The topological polar surface area (TPSA) is 88.8 Å². The van der Waals surface area contributed by atoms with Gasteiger partial charge in [-0.1, -0.05) is 30.3 Å². The molecule has 0 unspecified atom stereocenters. The number of aromatic nitrogens is 2.